The van der Waals surface area contributed by atoms with Crippen LogP contribution in [-0.2, 0) is 9.53 Å². The van der Waals surface area contributed by atoms with Crippen molar-refractivity contribution in [1.29, 1.82) is 0 Å². The van der Waals surface area contributed by atoms with Crippen LogP contribution in [0, 0.1) is 5.92 Å². The van der Waals surface area contributed by atoms with Crippen molar-refractivity contribution >= 4 is 5.91 Å². The molecule has 0 unspecified atom stereocenters. The molecule has 1 rings (SSSR count). The van der Waals surface area contributed by atoms with E-state index in [-0.39, 0.29) is 5.91 Å². The van der Waals surface area contributed by atoms with E-state index >= 15 is 0 Å². The highest BCUT2D eigenvalue weighted by molar-refractivity contribution is 5.88. The van der Waals surface area contributed by atoms with Gasteiger partial charge in [-0.15, -0.1) is 0 Å². The average molecular weight is 265 g/mol. The van der Waals surface area contributed by atoms with Gasteiger partial charge in [-0.1, -0.05) is 31.9 Å². The number of unbranched alkanes of at least 4 members (excludes halogenated alkanes) is 2. The van der Waals surface area contributed by atoms with Crippen LogP contribution < -0.4 is 5.32 Å². The third-order valence-corrected chi connectivity index (χ3v) is 3.37. The number of carbonyl (C=O) groups excluding carboxylic acids is 1. The highest BCUT2D eigenvalue weighted by Crippen LogP contribution is 2.13. The quantitative estimate of drug-likeness (QED) is 0.436. The van der Waals surface area contributed by atoms with Crippen molar-refractivity contribution < 1.29 is 9.53 Å². The predicted octanol–water partition coefficient (Wildman–Crippen LogP) is 3.22. The van der Waals surface area contributed by atoms with Gasteiger partial charge in [0.15, 0.2) is 0 Å². The van der Waals surface area contributed by atoms with Gasteiger partial charge in [0, 0.05) is 25.8 Å². The zero-order valence-corrected chi connectivity index (χ0v) is 12.3. The Morgan fingerprint density at radius 3 is 2.79 bits per heavy atom. The molecule has 1 heterocycles. The lowest BCUT2D eigenvalue weighted by Crippen LogP contribution is -2.31. The second-order valence-corrected chi connectivity index (χ2v) is 5.23. The number of nitrogens with one attached hydrogen (secondary N) is 1. The summed E-state index contributed by atoms with van der Waals surface area (Å²) in [5, 5.41) is 2.98. The minimum Gasteiger partial charge on any atom is -0.381 e. The molecule has 1 amide bonds. The van der Waals surface area contributed by atoms with Crippen LogP contribution in [-0.4, -0.2) is 25.7 Å². The zero-order valence-electron chi connectivity index (χ0n) is 12.3. The Hall–Kier alpha value is -1.09. The highest BCUT2D eigenvalue weighted by Gasteiger charge is 2.13. The molecule has 3 nitrogen and oxygen atoms in total. The number of allylic oxidation sites excluding steroid dienone is 3. The monoisotopic (exact) mass is 265 g/mol. The van der Waals surface area contributed by atoms with E-state index in [4.69, 9.17) is 4.74 Å². The van der Waals surface area contributed by atoms with Crippen LogP contribution in [0.2, 0.25) is 0 Å². The lowest BCUT2D eigenvalue weighted by Gasteiger charge is -2.21. The first-order valence-electron chi connectivity index (χ1n) is 7.42. The number of hydrogen-bond acceptors (Lipinski definition) is 2. The molecule has 1 fully saturated rings. The lowest BCUT2D eigenvalue weighted by molar-refractivity contribution is -0.116. The van der Waals surface area contributed by atoms with Gasteiger partial charge in [-0.25, -0.2) is 0 Å². The van der Waals surface area contributed by atoms with Gasteiger partial charge in [-0.3, -0.25) is 4.79 Å². The first kappa shape index (κ1) is 16.0. The molecule has 0 bridgehead atoms. The Labute approximate surface area is 117 Å². The maximum atomic E-state index is 11.7. The van der Waals surface area contributed by atoms with Gasteiger partial charge in [0.1, 0.15) is 0 Å². The molecule has 0 saturated carbocycles. The van der Waals surface area contributed by atoms with Crippen LogP contribution in [0.25, 0.3) is 0 Å². The maximum Gasteiger partial charge on any atom is 0.244 e. The first-order chi connectivity index (χ1) is 9.22. The molecular formula is C16H27NO2. The molecule has 0 atom stereocenters. The van der Waals surface area contributed by atoms with E-state index in [2.05, 4.69) is 18.3 Å². The summed E-state index contributed by atoms with van der Waals surface area (Å²) in [7, 11) is 0. The van der Waals surface area contributed by atoms with Gasteiger partial charge in [0.2, 0.25) is 5.91 Å². The molecule has 1 N–H and O–H groups in total. The van der Waals surface area contributed by atoms with Crippen LogP contribution in [0.15, 0.2) is 23.8 Å². The summed E-state index contributed by atoms with van der Waals surface area (Å²) in [6.07, 6.45) is 11.5. The highest BCUT2D eigenvalue weighted by atomic mass is 16.5. The van der Waals surface area contributed by atoms with Gasteiger partial charge in [-0.05, 0) is 37.7 Å². The molecule has 1 saturated heterocycles. The van der Waals surface area contributed by atoms with Crippen molar-refractivity contribution in [1.82, 2.24) is 5.32 Å². The Balaban J connectivity index is 2.22. The normalized spacial score (nSPS) is 17.9. The summed E-state index contributed by atoms with van der Waals surface area (Å²) in [5.74, 6) is 0.593. The molecule has 19 heavy (non-hydrogen) atoms. The van der Waals surface area contributed by atoms with Crippen LogP contribution in [0.4, 0.5) is 0 Å². The summed E-state index contributed by atoms with van der Waals surface area (Å²) in [6, 6.07) is 0. The zero-order chi connectivity index (χ0) is 13.9. The first-order valence-corrected chi connectivity index (χ1v) is 7.42. The molecular weight excluding hydrogens is 238 g/mol. The van der Waals surface area contributed by atoms with E-state index in [0.29, 0.717) is 5.92 Å². The molecule has 1 aliphatic heterocycles. The molecule has 0 spiro atoms. The topological polar surface area (TPSA) is 38.3 Å². The molecule has 108 valence electrons. The Morgan fingerprint density at radius 1 is 1.37 bits per heavy atom. The van der Waals surface area contributed by atoms with Crippen LogP contribution >= 0.6 is 0 Å². The molecule has 0 aromatic heterocycles. The van der Waals surface area contributed by atoms with Crippen molar-refractivity contribution in [3.8, 4) is 0 Å². The van der Waals surface area contributed by atoms with E-state index in [9.17, 15) is 4.79 Å². The minimum absolute atomic E-state index is 0.0177. The predicted molar refractivity (Wildman–Crippen MR) is 79.0 cm³/mol. The van der Waals surface area contributed by atoms with Crippen molar-refractivity contribution in [2.45, 2.75) is 46.0 Å². The molecule has 0 aromatic rings. The average Bonchev–Trinajstić information content (AvgIpc) is 2.42. The van der Waals surface area contributed by atoms with Crippen molar-refractivity contribution in [2.75, 3.05) is 19.8 Å². The summed E-state index contributed by atoms with van der Waals surface area (Å²) < 4.78 is 5.30. The fourth-order valence-corrected chi connectivity index (χ4v) is 2.09. The molecule has 0 aromatic carbocycles. The molecule has 0 radical (unpaired) electrons. The van der Waals surface area contributed by atoms with Gasteiger partial charge in [0.25, 0.3) is 0 Å². The maximum absolute atomic E-state index is 11.7. The van der Waals surface area contributed by atoms with E-state index in [0.717, 1.165) is 44.6 Å². The van der Waals surface area contributed by atoms with Gasteiger partial charge in [0.05, 0.1) is 0 Å². The van der Waals surface area contributed by atoms with Gasteiger partial charge < -0.3 is 10.1 Å². The lowest BCUT2D eigenvalue weighted by atomic mass is 10.0. The van der Waals surface area contributed by atoms with E-state index in [1.807, 2.05) is 13.0 Å². The summed E-state index contributed by atoms with van der Waals surface area (Å²) in [4.78, 5) is 11.7. The summed E-state index contributed by atoms with van der Waals surface area (Å²) >= 11 is 0. The van der Waals surface area contributed by atoms with E-state index in [1.54, 1.807) is 6.08 Å². The second kappa shape index (κ2) is 9.79. The van der Waals surface area contributed by atoms with Gasteiger partial charge >= 0.3 is 0 Å². The largest absolute Gasteiger partial charge is 0.381 e. The second-order valence-electron chi connectivity index (χ2n) is 5.23. The molecule has 0 aliphatic carbocycles. The van der Waals surface area contributed by atoms with Crippen LogP contribution in [0.1, 0.15) is 46.0 Å². The smallest absolute Gasteiger partial charge is 0.244 e. The molecule has 3 heteroatoms. The number of ether oxygens (including phenoxy) is 1. The Morgan fingerprint density at radius 2 is 2.11 bits per heavy atom. The third kappa shape index (κ3) is 7.83. The SMILES string of the molecule is CCCC/C=C/C(C)=C/C(=O)NCC1CCOCC1. The summed E-state index contributed by atoms with van der Waals surface area (Å²) in [5.41, 5.74) is 1.01. The fraction of sp³-hybridized carbons (Fsp3) is 0.688. The standard InChI is InChI=1S/C16H27NO2/c1-3-4-5-6-7-14(2)12-16(18)17-13-15-8-10-19-11-9-15/h6-7,12,15H,3-5,8-11,13H2,1-2H3,(H,17,18)/b7-6+,14-12+. The van der Waals surface area contributed by atoms with Crippen molar-refractivity contribution in [2.24, 2.45) is 5.92 Å². The van der Waals surface area contributed by atoms with E-state index < -0.39 is 0 Å². The molecule has 1 aliphatic rings. The Bertz CT molecular complexity index is 315. The van der Waals surface area contributed by atoms with Crippen LogP contribution in [0.5, 0.6) is 0 Å². The van der Waals surface area contributed by atoms with Crippen molar-refractivity contribution in [3.05, 3.63) is 23.8 Å². The number of carbonyl (C=O) groups is 1. The third-order valence-electron chi connectivity index (χ3n) is 3.37. The summed E-state index contributed by atoms with van der Waals surface area (Å²) in [6.45, 7) is 6.58. The van der Waals surface area contributed by atoms with Crippen molar-refractivity contribution in [3.63, 3.8) is 0 Å². The number of amides is 1. The number of hydrogen-bond donors (Lipinski definition) is 1. The number of rotatable bonds is 7. The van der Waals surface area contributed by atoms with E-state index in [1.165, 1.54) is 12.8 Å². The van der Waals surface area contributed by atoms with Crippen LogP contribution in [0.3, 0.4) is 0 Å². The fourth-order valence-electron chi connectivity index (χ4n) is 2.09. The Kier molecular flexibility index (Phi) is 8.23. The minimum atomic E-state index is 0.0177. The van der Waals surface area contributed by atoms with Gasteiger partial charge in [-0.2, -0.15) is 0 Å².